The van der Waals surface area contributed by atoms with Crippen LogP contribution in [-0.2, 0) is 14.1 Å². The number of hydrogen-bond donors (Lipinski definition) is 1. The lowest BCUT2D eigenvalue weighted by Crippen LogP contribution is -2.24. The Morgan fingerprint density at radius 2 is 1.38 bits per heavy atom. The summed E-state index contributed by atoms with van der Waals surface area (Å²) in [4.78, 5) is 17.9. The molecule has 3 heterocycles. The smallest absolute Gasteiger partial charge is 0.328 e. The van der Waals surface area contributed by atoms with Gasteiger partial charge < -0.3 is 9.73 Å². The Labute approximate surface area is 270 Å². The summed E-state index contributed by atoms with van der Waals surface area (Å²) in [6.07, 6.45) is 1.87. The Hall–Kier alpha value is -6.14. The highest BCUT2D eigenvalue weighted by molar-refractivity contribution is 6.24. The van der Waals surface area contributed by atoms with E-state index in [0.717, 1.165) is 77.6 Å². The molecular weight excluding hydrogens is 580 g/mol. The van der Waals surface area contributed by atoms with Gasteiger partial charge in [-0.2, -0.15) is 0 Å². The molecule has 6 heteroatoms. The lowest BCUT2D eigenvalue weighted by Gasteiger charge is -2.25. The van der Waals surface area contributed by atoms with Crippen molar-refractivity contribution in [2.24, 2.45) is 19.1 Å². The summed E-state index contributed by atoms with van der Waals surface area (Å²) in [5, 5.41) is 8.19. The van der Waals surface area contributed by atoms with Gasteiger partial charge in [0.25, 0.3) is 0 Å². The maximum atomic E-state index is 12.6. The maximum Gasteiger partial charge on any atom is 0.328 e. The zero-order valence-corrected chi connectivity index (χ0v) is 25.9. The minimum absolute atomic E-state index is 0.0326. The Bertz CT molecular complexity index is 2650. The van der Waals surface area contributed by atoms with Crippen LogP contribution >= 0.6 is 0 Å². The average Bonchev–Trinajstić information content (AvgIpc) is 3.60. The van der Waals surface area contributed by atoms with Gasteiger partial charge in [0.15, 0.2) is 0 Å². The van der Waals surface area contributed by atoms with Crippen molar-refractivity contribution in [2.75, 3.05) is 0 Å². The van der Waals surface area contributed by atoms with E-state index in [4.69, 9.17) is 9.41 Å². The molecule has 0 amide bonds. The molecule has 2 aromatic heterocycles. The molecule has 1 aliphatic rings. The molecule has 1 aliphatic heterocycles. The van der Waals surface area contributed by atoms with Gasteiger partial charge in [0.05, 0.1) is 16.7 Å². The molecule has 6 aromatic carbocycles. The summed E-state index contributed by atoms with van der Waals surface area (Å²) >= 11 is 0. The second-order valence-corrected chi connectivity index (χ2v) is 12.2. The molecule has 1 N–H and O–H groups in total. The van der Waals surface area contributed by atoms with Gasteiger partial charge in [-0.3, -0.25) is 14.1 Å². The number of imidazole rings is 1. The summed E-state index contributed by atoms with van der Waals surface area (Å²) in [5.74, 6) is 0. The fourth-order valence-corrected chi connectivity index (χ4v) is 6.92. The first-order valence-corrected chi connectivity index (χ1v) is 15.7. The molecule has 0 saturated heterocycles. The third kappa shape index (κ3) is 4.41. The Balaban J connectivity index is 1.20. The number of rotatable bonds is 4. The number of fused-ring (bicyclic) bond motifs is 5. The second kappa shape index (κ2) is 10.5. The van der Waals surface area contributed by atoms with Crippen molar-refractivity contribution >= 4 is 55.2 Å². The molecule has 1 atom stereocenters. The molecule has 9 rings (SSSR count). The van der Waals surface area contributed by atoms with Gasteiger partial charge in [-0.1, -0.05) is 91.0 Å². The summed E-state index contributed by atoms with van der Waals surface area (Å²) < 4.78 is 9.80. The summed E-state index contributed by atoms with van der Waals surface area (Å²) in [6, 6.07) is 44.0. The van der Waals surface area contributed by atoms with E-state index in [-0.39, 0.29) is 11.9 Å². The highest BCUT2D eigenvalue weighted by Gasteiger charge is 2.22. The first kappa shape index (κ1) is 27.2. The van der Waals surface area contributed by atoms with Crippen LogP contribution in [-0.4, -0.2) is 14.8 Å². The van der Waals surface area contributed by atoms with E-state index in [0.29, 0.717) is 0 Å². The first-order valence-electron chi connectivity index (χ1n) is 15.7. The van der Waals surface area contributed by atoms with Gasteiger partial charge >= 0.3 is 5.69 Å². The van der Waals surface area contributed by atoms with Crippen LogP contribution in [0.3, 0.4) is 0 Å². The minimum Gasteiger partial charge on any atom is -0.456 e. The highest BCUT2D eigenvalue weighted by Crippen LogP contribution is 2.37. The number of aromatic nitrogens is 2. The van der Waals surface area contributed by atoms with Crippen LogP contribution in [0.4, 0.5) is 0 Å². The van der Waals surface area contributed by atoms with Crippen molar-refractivity contribution in [1.29, 1.82) is 0 Å². The van der Waals surface area contributed by atoms with Gasteiger partial charge in [0.1, 0.15) is 17.3 Å². The number of allylic oxidation sites excluding steroid dienone is 1. The van der Waals surface area contributed by atoms with E-state index in [1.165, 1.54) is 5.39 Å². The van der Waals surface area contributed by atoms with Crippen LogP contribution in [0.2, 0.25) is 0 Å². The van der Waals surface area contributed by atoms with E-state index in [1.54, 1.807) is 9.13 Å². The lowest BCUT2D eigenvalue weighted by atomic mass is 9.96. The number of benzene rings is 6. The third-order valence-electron chi connectivity index (χ3n) is 9.38. The van der Waals surface area contributed by atoms with Crippen LogP contribution in [0.25, 0.3) is 60.6 Å². The molecule has 8 aromatic rings. The highest BCUT2D eigenvalue weighted by atomic mass is 16.3. The Morgan fingerprint density at radius 1 is 0.660 bits per heavy atom. The van der Waals surface area contributed by atoms with Crippen molar-refractivity contribution in [3.05, 3.63) is 161 Å². The van der Waals surface area contributed by atoms with Crippen molar-refractivity contribution in [2.45, 2.75) is 6.17 Å². The fourth-order valence-electron chi connectivity index (χ4n) is 6.92. The summed E-state index contributed by atoms with van der Waals surface area (Å²) in [7, 11) is 3.63. The van der Waals surface area contributed by atoms with Crippen molar-refractivity contribution in [3.8, 4) is 11.1 Å². The molecule has 0 spiro atoms. The number of nitrogens with one attached hydrogen (secondary N) is 1. The Kier molecular flexibility index (Phi) is 6.05. The minimum atomic E-state index is -0.278. The fraction of sp³-hybridized carbons (Fsp3) is 0.0732. The van der Waals surface area contributed by atoms with Crippen molar-refractivity contribution < 1.29 is 4.42 Å². The molecule has 1 unspecified atom stereocenters. The predicted octanol–water partition coefficient (Wildman–Crippen LogP) is 8.73. The zero-order valence-electron chi connectivity index (χ0n) is 25.9. The molecule has 0 fully saturated rings. The van der Waals surface area contributed by atoms with Crippen LogP contribution < -0.4 is 11.0 Å². The van der Waals surface area contributed by atoms with Crippen LogP contribution in [0.5, 0.6) is 0 Å². The second-order valence-electron chi connectivity index (χ2n) is 12.2. The number of hydrogen-bond acceptors (Lipinski definition) is 4. The largest absolute Gasteiger partial charge is 0.456 e. The molecule has 0 saturated carbocycles. The predicted molar refractivity (Wildman–Crippen MR) is 192 cm³/mol. The number of aryl methyl sites for hydroxylation is 2. The van der Waals surface area contributed by atoms with Gasteiger partial charge in [0, 0.05) is 36.1 Å². The molecule has 226 valence electrons. The van der Waals surface area contributed by atoms with E-state index in [9.17, 15) is 4.79 Å². The van der Waals surface area contributed by atoms with Gasteiger partial charge in [-0.05, 0) is 75.5 Å². The molecule has 6 nitrogen and oxygen atoms in total. The molecule has 47 heavy (non-hydrogen) atoms. The molecular formula is C41H30N4O2. The maximum absolute atomic E-state index is 12.6. The van der Waals surface area contributed by atoms with Crippen LogP contribution in [0, 0.1) is 0 Å². The van der Waals surface area contributed by atoms with Crippen molar-refractivity contribution in [1.82, 2.24) is 14.5 Å². The van der Waals surface area contributed by atoms with Crippen molar-refractivity contribution in [3.63, 3.8) is 0 Å². The molecule has 0 aliphatic carbocycles. The normalized spacial score (nSPS) is 14.9. The summed E-state index contributed by atoms with van der Waals surface area (Å²) in [5.41, 5.74) is 10.6. The number of furan rings is 1. The van der Waals surface area contributed by atoms with E-state index < -0.39 is 0 Å². The van der Waals surface area contributed by atoms with Gasteiger partial charge in [-0.15, -0.1) is 0 Å². The topological polar surface area (TPSA) is 64.5 Å². The van der Waals surface area contributed by atoms with Gasteiger partial charge in [-0.25, -0.2) is 4.79 Å². The quantitative estimate of drug-likeness (QED) is 0.217. The standard InChI is InChI=1S/C41H30N4O2/c1-44-35-19-18-29(22-36(35)45(2)41(44)46)26-14-8-15-30(20-26)33-24-34(43-40(42-33)25-10-4-3-5-11-25)31-16-9-17-37-39(31)32-21-27-12-6-7-13-28(27)23-38(32)47-37/h3-24,40,42H,1-2H3. The molecule has 0 radical (unpaired) electrons. The monoisotopic (exact) mass is 610 g/mol. The molecule has 0 bridgehead atoms. The SMILES string of the molecule is Cn1c(=O)n(C)c2cc(-c3cccc(C4=CC(c5cccc6oc7cc8ccccc8cc7c56)=NC(c5ccccc5)N4)c3)ccc21. The van der Waals surface area contributed by atoms with E-state index in [2.05, 4.69) is 102 Å². The van der Waals surface area contributed by atoms with Crippen LogP contribution in [0.15, 0.2) is 148 Å². The van der Waals surface area contributed by atoms with Gasteiger partial charge in [0.2, 0.25) is 0 Å². The number of nitrogens with zero attached hydrogens (tertiary/aromatic N) is 3. The number of aliphatic imine (C=N–C) groups is 1. The van der Waals surface area contributed by atoms with E-state index in [1.807, 2.05) is 50.5 Å². The first-order chi connectivity index (χ1) is 23.0. The van der Waals surface area contributed by atoms with Crippen LogP contribution in [0.1, 0.15) is 22.9 Å². The van der Waals surface area contributed by atoms with E-state index >= 15 is 0 Å². The third-order valence-corrected chi connectivity index (χ3v) is 9.38. The Morgan fingerprint density at radius 3 is 2.23 bits per heavy atom. The summed E-state index contributed by atoms with van der Waals surface area (Å²) in [6.45, 7) is 0. The lowest BCUT2D eigenvalue weighted by molar-refractivity contribution is 0.663. The zero-order chi connectivity index (χ0) is 31.6. The average molecular weight is 611 g/mol.